The fourth-order valence-corrected chi connectivity index (χ4v) is 9.13. The summed E-state index contributed by atoms with van der Waals surface area (Å²) in [6.07, 6.45) is 26.5. The number of likely N-dealkylation sites (N-methyl/N-ethyl adjacent to an activating group) is 6. The lowest BCUT2D eigenvalue weighted by molar-refractivity contribution is 0.724. The molecule has 0 aromatic carbocycles. The highest BCUT2D eigenvalue weighted by Crippen LogP contribution is 2.32. The van der Waals surface area contributed by atoms with E-state index < -0.39 is 0 Å². The van der Waals surface area contributed by atoms with E-state index in [0.717, 1.165) is 55.9 Å². The SMILES string of the molecule is CC.CC.CC.CC.CC.CC.CC1Cc2ccncc2N1C.CC1Cc2cnccc2N1C.CC1Cc2cncnc2N1C.CC1Cc2ncccc2N1C.CC1Cc2nccnc2N1C.CC1Cc2ncncc2N1C. The Labute approximate surface area is 474 Å². The Morgan fingerprint density at radius 3 is 1.29 bits per heavy atom. The van der Waals surface area contributed by atoms with Gasteiger partial charge in [-0.15, -0.1) is 0 Å². The molecule has 432 valence electrons. The Kier molecular flexibility index (Phi) is 33.3. The second-order valence-electron chi connectivity index (χ2n) is 18.5. The van der Waals surface area contributed by atoms with E-state index in [9.17, 15) is 0 Å². The molecule has 15 heteroatoms. The number of hydrogen-bond donors (Lipinski definition) is 0. The lowest BCUT2D eigenvalue weighted by Gasteiger charge is -2.17. The second-order valence-corrected chi connectivity index (χ2v) is 18.5. The van der Waals surface area contributed by atoms with Crippen LogP contribution in [-0.2, 0) is 38.5 Å². The standard InChI is InChI=1S/3C9H12N2.3C8H11N3.6C2H6/c1-7-5-8-6-10-4-3-9(8)11(7)2;1-7-5-8-3-4-10-6-9(8)11(7)2;1-7-6-8-9(11(7)2)4-3-5-10-8;1-6-3-7-8(11(6)2)4-9-5-10-7;1-6-3-7-4-9-5-10-8(7)11(6)2;1-6-5-7-8(11(6)2)10-4-3-9-7;6*1-2/h2*3-4,6-7H,5H2,1-2H3;3-5,7H,6H2,1-2H3;2*4-6H,3H2,1-2H3;3-4,6H,5H2,1-2H3;6*1-2H3. The van der Waals surface area contributed by atoms with Crippen LogP contribution in [0.3, 0.4) is 0 Å². The third kappa shape index (κ3) is 18.9. The van der Waals surface area contributed by atoms with Crippen molar-refractivity contribution in [3.05, 3.63) is 126 Å². The fraction of sp³-hybridized carbons (Fsp3) is 0.571. The molecule has 0 bridgehead atoms. The first-order valence-corrected chi connectivity index (χ1v) is 29.3. The first kappa shape index (κ1) is 69.5. The van der Waals surface area contributed by atoms with Gasteiger partial charge in [-0.2, -0.15) is 0 Å². The summed E-state index contributed by atoms with van der Waals surface area (Å²) in [5, 5.41) is 0. The van der Waals surface area contributed by atoms with Gasteiger partial charge < -0.3 is 29.4 Å². The van der Waals surface area contributed by atoms with Gasteiger partial charge in [0.15, 0.2) is 0 Å². The molecule has 0 saturated carbocycles. The van der Waals surface area contributed by atoms with E-state index in [1.54, 1.807) is 25.0 Å². The zero-order chi connectivity index (χ0) is 59.1. The van der Waals surface area contributed by atoms with E-state index in [1.807, 2.05) is 133 Å². The normalized spacial score (nSPS) is 19.1. The topological polar surface area (TPSA) is 135 Å². The van der Waals surface area contributed by atoms with Crippen molar-refractivity contribution < 1.29 is 0 Å². The van der Waals surface area contributed by atoms with Gasteiger partial charge in [0, 0.05) is 152 Å². The van der Waals surface area contributed by atoms with Gasteiger partial charge in [0.25, 0.3) is 0 Å². The first-order valence-electron chi connectivity index (χ1n) is 29.3. The van der Waals surface area contributed by atoms with E-state index in [-0.39, 0.29) is 0 Å². The summed E-state index contributed by atoms with van der Waals surface area (Å²) in [6.45, 7) is 37.3. The molecule has 0 fully saturated rings. The van der Waals surface area contributed by atoms with Crippen molar-refractivity contribution in [2.45, 2.75) is 199 Å². The third-order valence-corrected chi connectivity index (χ3v) is 14.1. The molecule has 6 aromatic rings. The molecule has 12 rings (SSSR count). The zero-order valence-electron chi connectivity index (χ0n) is 53.1. The highest BCUT2D eigenvalue weighted by Gasteiger charge is 2.27. The summed E-state index contributed by atoms with van der Waals surface area (Å²) < 4.78 is 0. The lowest BCUT2D eigenvalue weighted by atomic mass is 10.2. The van der Waals surface area contributed by atoms with Crippen LogP contribution in [0.25, 0.3) is 0 Å². The average Bonchev–Trinajstić information content (AvgIpc) is 4.30. The van der Waals surface area contributed by atoms with Gasteiger partial charge in [0.2, 0.25) is 0 Å². The number of aromatic nitrogens is 9. The van der Waals surface area contributed by atoms with Crippen LogP contribution in [0.4, 0.5) is 34.4 Å². The van der Waals surface area contributed by atoms with Crippen LogP contribution >= 0.6 is 0 Å². The second kappa shape index (κ2) is 37.3. The van der Waals surface area contributed by atoms with Gasteiger partial charge in [-0.05, 0) is 96.2 Å². The van der Waals surface area contributed by atoms with Crippen LogP contribution < -0.4 is 29.4 Å². The van der Waals surface area contributed by atoms with Crippen LogP contribution in [0, 0.1) is 0 Å². The monoisotopic (exact) mass is 1070 g/mol. The van der Waals surface area contributed by atoms with Gasteiger partial charge in [0.1, 0.15) is 24.3 Å². The van der Waals surface area contributed by atoms with Crippen molar-refractivity contribution in [1.82, 2.24) is 44.9 Å². The molecule has 0 aliphatic carbocycles. The average molecular weight is 1070 g/mol. The molecule has 0 N–H and O–H groups in total. The van der Waals surface area contributed by atoms with Gasteiger partial charge >= 0.3 is 0 Å². The summed E-state index contributed by atoms with van der Waals surface area (Å²) in [6, 6.07) is 11.9. The Morgan fingerprint density at radius 1 is 0.308 bits per heavy atom. The number of anilines is 6. The van der Waals surface area contributed by atoms with Crippen molar-refractivity contribution in [3.63, 3.8) is 0 Å². The molecule has 6 aromatic heterocycles. The van der Waals surface area contributed by atoms with Crippen LogP contribution in [-0.4, -0.2) is 123 Å². The molecule has 6 aliphatic rings. The fourth-order valence-electron chi connectivity index (χ4n) is 9.13. The zero-order valence-corrected chi connectivity index (χ0v) is 53.1. The summed E-state index contributed by atoms with van der Waals surface area (Å²) >= 11 is 0. The van der Waals surface area contributed by atoms with Crippen LogP contribution in [0.5, 0.6) is 0 Å². The molecule has 6 unspecified atom stereocenters. The van der Waals surface area contributed by atoms with Crippen molar-refractivity contribution in [2.75, 3.05) is 71.7 Å². The summed E-state index contributed by atoms with van der Waals surface area (Å²) in [5.74, 6) is 2.13. The minimum atomic E-state index is 0.549. The van der Waals surface area contributed by atoms with E-state index in [4.69, 9.17) is 0 Å². The molecule has 12 heterocycles. The molecule has 78 heavy (non-hydrogen) atoms. The van der Waals surface area contributed by atoms with E-state index in [2.05, 4.69) is 176 Å². The molecule has 6 atom stereocenters. The number of nitrogens with zero attached hydrogens (tertiary/aromatic N) is 15. The van der Waals surface area contributed by atoms with Crippen LogP contribution in [0.15, 0.2) is 92.7 Å². The van der Waals surface area contributed by atoms with Crippen molar-refractivity contribution >= 4 is 34.4 Å². The minimum absolute atomic E-state index is 0.549. The Morgan fingerprint density at radius 2 is 0.718 bits per heavy atom. The molecule has 0 saturated heterocycles. The number of fused-ring (bicyclic) bond motifs is 6. The molecule has 0 spiro atoms. The van der Waals surface area contributed by atoms with Gasteiger partial charge in [0.05, 0.1) is 46.5 Å². The quantitative estimate of drug-likeness (QED) is 0.143. The van der Waals surface area contributed by atoms with Gasteiger partial charge in [-0.25, -0.2) is 24.9 Å². The summed E-state index contributed by atoms with van der Waals surface area (Å²) in [4.78, 5) is 50.9. The van der Waals surface area contributed by atoms with E-state index in [0.29, 0.717) is 36.3 Å². The predicted octanol–water partition coefficient (Wildman–Crippen LogP) is 13.1. The maximum atomic E-state index is 4.32. The van der Waals surface area contributed by atoms with E-state index >= 15 is 0 Å². The maximum absolute atomic E-state index is 4.32. The molecule has 15 nitrogen and oxygen atoms in total. The lowest BCUT2D eigenvalue weighted by Crippen LogP contribution is -2.24. The van der Waals surface area contributed by atoms with Crippen LogP contribution in [0.1, 0.15) is 158 Å². The number of hydrogen-bond acceptors (Lipinski definition) is 15. The third-order valence-electron chi connectivity index (χ3n) is 14.1. The molecule has 0 amide bonds. The highest BCUT2D eigenvalue weighted by atomic mass is 15.2. The maximum Gasteiger partial charge on any atom is 0.150 e. The van der Waals surface area contributed by atoms with Gasteiger partial charge in [-0.3, -0.25) is 19.9 Å². The van der Waals surface area contributed by atoms with Crippen LogP contribution in [0.2, 0.25) is 0 Å². The minimum Gasteiger partial charge on any atom is -0.371 e. The van der Waals surface area contributed by atoms with Crippen molar-refractivity contribution in [1.29, 1.82) is 0 Å². The molecule has 6 aliphatic heterocycles. The molecular weight excluding hydrogens is 967 g/mol. The van der Waals surface area contributed by atoms with E-state index in [1.165, 1.54) is 50.8 Å². The number of rotatable bonds is 0. The first-order chi connectivity index (χ1) is 37.7. The smallest absolute Gasteiger partial charge is 0.150 e. The molecular formula is C63H105N15. The Hall–Kier alpha value is -6.51. The summed E-state index contributed by atoms with van der Waals surface area (Å²) in [7, 11) is 12.6. The predicted molar refractivity (Wildman–Crippen MR) is 336 cm³/mol. The van der Waals surface area contributed by atoms with Gasteiger partial charge in [-0.1, -0.05) is 83.1 Å². The highest BCUT2D eigenvalue weighted by molar-refractivity contribution is 5.58. The molecule has 0 radical (unpaired) electrons. The Balaban J connectivity index is 0.000000450. The number of pyridine rings is 3. The largest absolute Gasteiger partial charge is 0.371 e. The summed E-state index contributed by atoms with van der Waals surface area (Å²) in [5.41, 5.74) is 12.7. The Bertz CT molecular complexity index is 2080. The van der Waals surface area contributed by atoms with Crippen molar-refractivity contribution in [2.24, 2.45) is 0 Å². The van der Waals surface area contributed by atoms with Crippen molar-refractivity contribution in [3.8, 4) is 0 Å².